The van der Waals surface area contributed by atoms with Gasteiger partial charge in [-0.1, -0.05) is 30.3 Å². The van der Waals surface area contributed by atoms with Gasteiger partial charge in [0.25, 0.3) is 0 Å². The third-order valence-corrected chi connectivity index (χ3v) is 5.27. The summed E-state index contributed by atoms with van der Waals surface area (Å²) in [7, 11) is 0. The van der Waals surface area contributed by atoms with Crippen LogP contribution in [0.1, 0.15) is 37.1 Å². The Morgan fingerprint density at radius 2 is 1.91 bits per heavy atom. The molecule has 2 aliphatic heterocycles. The Labute approximate surface area is 136 Å². The van der Waals surface area contributed by atoms with E-state index in [1.54, 1.807) is 0 Å². The normalized spacial score (nSPS) is 26.4. The molecule has 2 atom stereocenters. The number of carbonyl (C=O) groups excluding carboxylic acids is 1. The molecule has 5 nitrogen and oxygen atoms in total. The lowest BCUT2D eigenvalue weighted by atomic mass is 9.85. The molecule has 1 N–H and O–H groups in total. The van der Waals surface area contributed by atoms with Gasteiger partial charge in [0.15, 0.2) is 0 Å². The van der Waals surface area contributed by atoms with Crippen molar-refractivity contribution < 1.29 is 4.79 Å². The molecule has 2 fully saturated rings. The van der Waals surface area contributed by atoms with E-state index in [1.165, 1.54) is 11.9 Å². The molecule has 23 heavy (non-hydrogen) atoms. The first kappa shape index (κ1) is 14.4. The van der Waals surface area contributed by atoms with Crippen LogP contribution in [0, 0.1) is 5.92 Å². The first-order valence-corrected chi connectivity index (χ1v) is 8.49. The highest BCUT2D eigenvalue weighted by Crippen LogP contribution is 2.40. The van der Waals surface area contributed by atoms with Gasteiger partial charge in [0, 0.05) is 12.1 Å². The van der Waals surface area contributed by atoms with Gasteiger partial charge in [0.1, 0.15) is 12.2 Å². The van der Waals surface area contributed by atoms with E-state index >= 15 is 0 Å². The topological polar surface area (TPSA) is 61.9 Å². The van der Waals surface area contributed by atoms with Crippen LogP contribution < -0.4 is 0 Å². The van der Waals surface area contributed by atoms with Crippen molar-refractivity contribution in [2.45, 2.75) is 50.6 Å². The molecule has 2 aliphatic rings. The predicted octanol–water partition coefficient (Wildman–Crippen LogP) is 2.36. The second-order valence-corrected chi connectivity index (χ2v) is 6.82. The number of aromatic amines is 1. The average molecular weight is 310 g/mol. The van der Waals surface area contributed by atoms with E-state index in [4.69, 9.17) is 0 Å². The number of nitrogens with one attached hydrogen (secondary N) is 1. The molecule has 5 heteroatoms. The quantitative estimate of drug-likeness (QED) is 0.943. The van der Waals surface area contributed by atoms with Crippen molar-refractivity contribution >= 4 is 5.91 Å². The summed E-state index contributed by atoms with van der Waals surface area (Å²) in [5.74, 6) is 1.57. The SMILES string of the molecule is O=C(Cc1ncn[nH]1)N1C2CCC1CC(Cc1ccccc1)C2. The number of hydrogen-bond acceptors (Lipinski definition) is 3. The summed E-state index contributed by atoms with van der Waals surface area (Å²) >= 11 is 0. The van der Waals surface area contributed by atoms with Crippen LogP contribution in [-0.2, 0) is 17.6 Å². The number of H-pyrrole nitrogens is 1. The molecule has 0 spiro atoms. The number of fused-ring (bicyclic) bond motifs is 2. The summed E-state index contributed by atoms with van der Waals surface area (Å²) in [5, 5.41) is 6.62. The Morgan fingerprint density at radius 1 is 1.17 bits per heavy atom. The number of benzene rings is 1. The van der Waals surface area contributed by atoms with E-state index in [0.29, 0.717) is 30.2 Å². The number of nitrogens with zero attached hydrogens (tertiary/aromatic N) is 3. The molecule has 2 unspecified atom stereocenters. The molecule has 1 aromatic heterocycles. The fourth-order valence-corrected chi connectivity index (χ4v) is 4.36. The Bertz CT molecular complexity index is 641. The summed E-state index contributed by atoms with van der Waals surface area (Å²) in [4.78, 5) is 18.9. The van der Waals surface area contributed by atoms with Gasteiger partial charge in [-0.05, 0) is 43.6 Å². The van der Waals surface area contributed by atoms with Crippen molar-refractivity contribution in [1.82, 2.24) is 20.1 Å². The summed E-state index contributed by atoms with van der Waals surface area (Å²) in [6.45, 7) is 0. The number of rotatable bonds is 4. The minimum absolute atomic E-state index is 0.201. The van der Waals surface area contributed by atoms with Gasteiger partial charge in [-0.15, -0.1) is 0 Å². The Hall–Kier alpha value is -2.17. The highest BCUT2D eigenvalue weighted by molar-refractivity contribution is 5.79. The molecule has 0 radical (unpaired) electrons. The maximum absolute atomic E-state index is 12.6. The molecule has 0 aliphatic carbocycles. The number of carbonyl (C=O) groups is 1. The highest BCUT2D eigenvalue weighted by Gasteiger charge is 2.42. The van der Waals surface area contributed by atoms with Gasteiger partial charge in [-0.25, -0.2) is 4.98 Å². The second kappa shape index (κ2) is 6.14. The standard InChI is InChI=1S/C18H22N4O/c23-18(11-17-19-12-20-21-17)22-15-6-7-16(22)10-14(9-15)8-13-4-2-1-3-5-13/h1-5,12,14-16H,6-11H2,(H,19,20,21). The molecule has 1 amide bonds. The van der Waals surface area contributed by atoms with Crippen LogP contribution in [0.3, 0.4) is 0 Å². The van der Waals surface area contributed by atoms with Gasteiger partial charge in [0.2, 0.25) is 5.91 Å². The maximum Gasteiger partial charge on any atom is 0.230 e. The smallest absolute Gasteiger partial charge is 0.230 e. The van der Waals surface area contributed by atoms with E-state index in [2.05, 4.69) is 50.4 Å². The Morgan fingerprint density at radius 3 is 2.57 bits per heavy atom. The van der Waals surface area contributed by atoms with Gasteiger partial charge in [-0.2, -0.15) is 5.10 Å². The second-order valence-electron chi connectivity index (χ2n) is 6.82. The molecule has 2 aromatic rings. The monoisotopic (exact) mass is 310 g/mol. The molecule has 0 saturated carbocycles. The third-order valence-electron chi connectivity index (χ3n) is 5.27. The largest absolute Gasteiger partial charge is 0.336 e. The molecular formula is C18H22N4O. The average Bonchev–Trinajstić information content (AvgIpc) is 3.15. The first-order valence-electron chi connectivity index (χ1n) is 8.49. The van der Waals surface area contributed by atoms with Crippen molar-refractivity contribution in [2.75, 3.05) is 0 Å². The zero-order chi connectivity index (χ0) is 15.6. The molecule has 2 bridgehead atoms. The van der Waals surface area contributed by atoms with E-state index < -0.39 is 0 Å². The molecule has 120 valence electrons. The molecular weight excluding hydrogens is 288 g/mol. The zero-order valence-corrected chi connectivity index (χ0v) is 13.2. The fourth-order valence-electron chi connectivity index (χ4n) is 4.36. The lowest BCUT2D eigenvalue weighted by Gasteiger charge is -2.39. The number of aromatic nitrogens is 3. The van der Waals surface area contributed by atoms with Crippen molar-refractivity contribution in [1.29, 1.82) is 0 Å². The molecule has 1 aromatic carbocycles. The summed E-state index contributed by atoms with van der Waals surface area (Å²) in [6.07, 6.45) is 7.51. The first-order chi connectivity index (χ1) is 11.3. The lowest BCUT2D eigenvalue weighted by Crippen LogP contribution is -2.47. The van der Waals surface area contributed by atoms with E-state index in [1.807, 2.05) is 0 Å². The number of hydrogen-bond donors (Lipinski definition) is 1. The highest BCUT2D eigenvalue weighted by atomic mass is 16.2. The fraction of sp³-hybridized carbons (Fsp3) is 0.500. The van der Waals surface area contributed by atoms with Crippen molar-refractivity contribution in [3.05, 3.63) is 48.0 Å². The van der Waals surface area contributed by atoms with Gasteiger partial charge < -0.3 is 4.90 Å². The predicted molar refractivity (Wildman–Crippen MR) is 86.6 cm³/mol. The van der Waals surface area contributed by atoms with Gasteiger partial charge in [-0.3, -0.25) is 9.89 Å². The van der Waals surface area contributed by atoms with Crippen LogP contribution >= 0.6 is 0 Å². The van der Waals surface area contributed by atoms with Crippen LogP contribution in [0.2, 0.25) is 0 Å². The summed E-state index contributed by atoms with van der Waals surface area (Å²) < 4.78 is 0. The minimum Gasteiger partial charge on any atom is -0.336 e. The van der Waals surface area contributed by atoms with Crippen molar-refractivity contribution in [3.8, 4) is 0 Å². The van der Waals surface area contributed by atoms with E-state index in [0.717, 1.165) is 32.1 Å². The number of amides is 1. The lowest BCUT2D eigenvalue weighted by molar-refractivity contribution is -0.135. The van der Waals surface area contributed by atoms with Crippen LogP contribution in [0.4, 0.5) is 0 Å². The maximum atomic E-state index is 12.6. The zero-order valence-electron chi connectivity index (χ0n) is 13.2. The third kappa shape index (κ3) is 3.00. The van der Waals surface area contributed by atoms with Crippen molar-refractivity contribution in [2.24, 2.45) is 5.92 Å². The van der Waals surface area contributed by atoms with E-state index in [9.17, 15) is 4.79 Å². The van der Waals surface area contributed by atoms with Crippen LogP contribution in [0.5, 0.6) is 0 Å². The summed E-state index contributed by atoms with van der Waals surface area (Å²) in [6, 6.07) is 11.5. The van der Waals surface area contributed by atoms with Crippen LogP contribution in [0.25, 0.3) is 0 Å². The van der Waals surface area contributed by atoms with Crippen molar-refractivity contribution in [3.63, 3.8) is 0 Å². The minimum atomic E-state index is 0.201. The Balaban J connectivity index is 1.41. The molecule has 2 saturated heterocycles. The number of piperidine rings is 1. The molecule has 4 rings (SSSR count). The van der Waals surface area contributed by atoms with Crippen LogP contribution in [-0.4, -0.2) is 38.1 Å². The van der Waals surface area contributed by atoms with E-state index in [-0.39, 0.29) is 5.91 Å². The Kier molecular flexibility index (Phi) is 3.85. The molecule has 3 heterocycles. The van der Waals surface area contributed by atoms with Crippen LogP contribution in [0.15, 0.2) is 36.7 Å². The van der Waals surface area contributed by atoms with Gasteiger partial charge in [0.05, 0.1) is 6.42 Å². The van der Waals surface area contributed by atoms with Gasteiger partial charge >= 0.3 is 0 Å². The summed E-state index contributed by atoms with van der Waals surface area (Å²) in [5.41, 5.74) is 1.42.